The maximum Gasteiger partial charge on any atom is 0.0620 e. The molecule has 19 heavy (non-hydrogen) atoms. The minimum absolute atomic E-state index is 0.421. The van der Waals surface area contributed by atoms with Gasteiger partial charge in [-0.3, -0.25) is 0 Å². The fourth-order valence-corrected chi connectivity index (χ4v) is 3.89. The molecule has 1 aliphatic heterocycles. The molecule has 2 N–H and O–H groups in total. The molecule has 1 aromatic heterocycles. The second-order valence-electron chi connectivity index (χ2n) is 5.62. The van der Waals surface area contributed by atoms with Gasteiger partial charge in [0.25, 0.3) is 0 Å². The van der Waals surface area contributed by atoms with Gasteiger partial charge in [0, 0.05) is 34.4 Å². The molecule has 1 aromatic rings. The van der Waals surface area contributed by atoms with E-state index in [0.717, 1.165) is 26.2 Å². The first kappa shape index (κ1) is 15.0. The number of nitrogens with one attached hydrogen (secondary N) is 2. The van der Waals surface area contributed by atoms with Crippen molar-refractivity contribution in [1.29, 1.82) is 0 Å². The first-order valence-corrected chi connectivity index (χ1v) is 8.02. The highest BCUT2D eigenvalue weighted by molar-refractivity contribution is 7.12. The lowest BCUT2D eigenvalue weighted by atomic mass is 10.0. The summed E-state index contributed by atoms with van der Waals surface area (Å²) < 4.78 is 5.51. The van der Waals surface area contributed by atoms with Crippen LogP contribution in [0.4, 0.5) is 0 Å². The van der Waals surface area contributed by atoms with E-state index in [-0.39, 0.29) is 0 Å². The van der Waals surface area contributed by atoms with Crippen molar-refractivity contribution in [3.05, 3.63) is 21.4 Å². The summed E-state index contributed by atoms with van der Waals surface area (Å²) in [7, 11) is 0. The van der Waals surface area contributed by atoms with E-state index >= 15 is 0 Å². The maximum absolute atomic E-state index is 5.51. The van der Waals surface area contributed by atoms with Crippen LogP contribution in [0.5, 0.6) is 0 Å². The standard InChI is InChI=1S/C15H26N2OS/c1-10(7-14-9-18-6-5-16-14)17-12(3)15-8-11(2)19-13(15)4/h8,10,12,14,16-17H,5-7,9H2,1-4H3. The number of rotatable bonds is 5. The molecule has 0 amide bonds. The molecule has 0 spiro atoms. The van der Waals surface area contributed by atoms with E-state index in [0.29, 0.717) is 18.1 Å². The molecule has 3 unspecified atom stereocenters. The van der Waals surface area contributed by atoms with E-state index in [1.807, 2.05) is 11.3 Å². The number of hydrogen-bond acceptors (Lipinski definition) is 4. The molecule has 108 valence electrons. The van der Waals surface area contributed by atoms with Crippen LogP contribution in [0.1, 0.15) is 41.6 Å². The molecule has 0 saturated carbocycles. The van der Waals surface area contributed by atoms with E-state index in [1.54, 1.807) is 0 Å². The number of ether oxygens (including phenoxy) is 1. The minimum Gasteiger partial charge on any atom is -0.379 e. The molecule has 0 radical (unpaired) electrons. The number of thiophene rings is 1. The van der Waals surface area contributed by atoms with Gasteiger partial charge in [0.15, 0.2) is 0 Å². The molecule has 1 saturated heterocycles. The zero-order valence-corrected chi connectivity index (χ0v) is 13.3. The van der Waals surface area contributed by atoms with Gasteiger partial charge in [-0.15, -0.1) is 11.3 Å². The van der Waals surface area contributed by atoms with Crippen LogP contribution in [-0.2, 0) is 4.74 Å². The van der Waals surface area contributed by atoms with Crippen molar-refractivity contribution in [3.63, 3.8) is 0 Å². The summed E-state index contributed by atoms with van der Waals surface area (Å²) in [6.07, 6.45) is 1.12. The molecular formula is C15H26N2OS. The second-order valence-corrected chi connectivity index (χ2v) is 7.08. The summed E-state index contributed by atoms with van der Waals surface area (Å²) >= 11 is 1.89. The molecule has 2 heterocycles. The Kier molecular flexibility index (Phi) is 5.39. The van der Waals surface area contributed by atoms with Gasteiger partial charge in [0.2, 0.25) is 0 Å². The molecule has 3 nitrogen and oxygen atoms in total. The third-order valence-corrected chi connectivity index (χ3v) is 4.70. The zero-order chi connectivity index (χ0) is 13.8. The Morgan fingerprint density at radius 3 is 2.84 bits per heavy atom. The van der Waals surface area contributed by atoms with E-state index in [9.17, 15) is 0 Å². The van der Waals surface area contributed by atoms with Crippen LogP contribution in [-0.4, -0.2) is 31.8 Å². The lowest BCUT2D eigenvalue weighted by molar-refractivity contribution is 0.0708. The van der Waals surface area contributed by atoms with Crippen LogP contribution >= 0.6 is 11.3 Å². The van der Waals surface area contributed by atoms with Gasteiger partial charge in [0.1, 0.15) is 0 Å². The molecule has 1 fully saturated rings. The van der Waals surface area contributed by atoms with Crippen molar-refractivity contribution in [3.8, 4) is 0 Å². The Hall–Kier alpha value is -0.420. The van der Waals surface area contributed by atoms with Crippen molar-refractivity contribution in [2.45, 2.75) is 52.2 Å². The monoisotopic (exact) mass is 282 g/mol. The van der Waals surface area contributed by atoms with Gasteiger partial charge in [-0.2, -0.15) is 0 Å². The van der Waals surface area contributed by atoms with E-state index < -0.39 is 0 Å². The molecular weight excluding hydrogens is 256 g/mol. The molecule has 1 aliphatic rings. The van der Waals surface area contributed by atoms with Gasteiger partial charge in [-0.1, -0.05) is 0 Å². The Labute approximate surface area is 120 Å². The fourth-order valence-electron chi connectivity index (χ4n) is 2.86. The lowest BCUT2D eigenvalue weighted by Gasteiger charge is -2.28. The van der Waals surface area contributed by atoms with E-state index in [2.05, 4.69) is 44.4 Å². The second kappa shape index (κ2) is 6.84. The minimum atomic E-state index is 0.421. The Balaban J connectivity index is 1.84. The quantitative estimate of drug-likeness (QED) is 0.871. The first-order valence-electron chi connectivity index (χ1n) is 7.20. The van der Waals surface area contributed by atoms with Crippen molar-refractivity contribution in [1.82, 2.24) is 10.6 Å². The average Bonchev–Trinajstić information content (AvgIpc) is 2.69. The summed E-state index contributed by atoms with van der Waals surface area (Å²) in [4.78, 5) is 2.83. The summed E-state index contributed by atoms with van der Waals surface area (Å²) in [5, 5.41) is 7.22. The maximum atomic E-state index is 5.51. The molecule has 4 heteroatoms. The molecule has 2 rings (SSSR count). The molecule has 3 atom stereocenters. The van der Waals surface area contributed by atoms with Crippen LogP contribution in [0.25, 0.3) is 0 Å². The topological polar surface area (TPSA) is 33.3 Å². The van der Waals surface area contributed by atoms with Crippen LogP contribution in [0.2, 0.25) is 0 Å². The Morgan fingerprint density at radius 2 is 2.26 bits per heavy atom. The van der Waals surface area contributed by atoms with Crippen LogP contribution in [0.15, 0.2) is 6.07 Å². The lowest BCUT2D eigenvalue weighted by Crippen LogP contribution is -2.45. The Bertz CT molecular complexity index is 399. The predicted molar refractivity (Wildman–Crippen MR) is 82.0 cm³/mol. The first-order chi connectivity index (χ1) is 9.06. The van der Waals surface area contributed by atoms with Gasteiger partial charge in [-0.25, -0.2) is 0 Å². The highest BCUT2D eigenvalue weighted by atomic mass is 32.1. The van der Waals surface area contributed by atoms with Gasteiger partial charge in [-0.05, 0) is 45.7 Å². The van der Waals surface area contributed by atoms with Crippen LogP contribution in [0, 0.1) is 13.8 Å². The highest BCUT2D eigenvalue weighted by Gasteiger charge is 2.18. The summed E-state index contributed by atoms with van der Waals surface area (Å²) in [6, 6.07) is 3.72. The summed E-state index contributed by atoms with van der Waals surface area (Å²) in [5.41, 5.74) is 1.45. The number of aryl methyl sites for hydroxylation is 2. The van der Waals surface area contributed by atoms with Gasteiger partial charge >= 0.3 is 0 Å². The van der Waals surface area contributed by atoms with Gasteiger partial charge in [0.05, 0.1) is 13.2 Å². The third kappa shape index (κ3) is 4.28. The predicted octanol–water partition coefficient (Wildman–Crippen LogP) is 2.78. The number of morpholine rings is 1. The number of hydrogen-bond donors (Lipinski definition) is 2. The SMILES string of the molecule is Cc1cc(C(C)NC(C)CC2COCCN2)c(C)s1. The fraction of sp³-hybridized carbons (Fsp3) is 0.733. The Morgan fingerprint density at radius 1 is 1.47 bits per heavy atom. The average molecular weight is 282 g/mol. The summed E-state index contributed by atoms with van der Waals surface area (Å²) in [6.45, 7) is 11.6. The van der Waals surface area contributed by atoms with E-state index in [4.69, 9.17) is 4.74 Å². The van der Waals surface area contributed by atoms with Gasteiger partial charge < -0.3 is 15.4 Å². The van der Waals surface area contributed by atoms with Crippen LogP contribution < -0.4 is 10.6 Å². The smallest absolute Gasteiger partial charge is 0.0620 e. The third-order valence-electron chi connectivity index (χ3n) is 3.72. The van der Waals surface area contributed by atoms with Crippen LogP contribution in [0.3, 0.4) is 0 Å². The van der Waals surface area contributed by atoms with Crippen molar-refractivity contribution in [2.75, 3.05) is 19.8 Å². The normalized spacial score (nSPS) is 23.3. The molecule has 0 aliphatic carbocycles. The summed E-state index contributed by atoms with van der Waals surface area (Å²) in [5.74, 6) is 0. The molecule has 0 bridgehead atoms. The molecule has 0 aromatic carbocycles. The van der Waals surface area contributed by atoms with Crippen molar-refractivity contribution < 1.29 is 4.74 Å². The largest absolute Gasteiger partial charge is 0.379 e. The van der Waals surface area contributed by atoms with E-state index in [1.165, 1.54) is 15.3 Å². The zero-order valence-electron chi connectivity index (χ0n) is 12.5. The highest BCUT2D eigenvalue weighted by Crippen LogP contribution is 2.26. The van der Waals surface area contributed by atoms with Crippen molar-refractivity contribution >= 4 is 11.3 Å². The van der Waals surface area contributed by atoms with Crippen molar-refractivity contribution in [2.24, 2.45) is 0 Å².